The van der Waals surface area contributed by atoms with Crippen molar-refractivity contribution >= 4 is 5.97 Å². The van der Waals surface area contributed by atoms with Crippen molar-refractivity contribution in [3.63, 3.8) is 0 Å². The van der Waals surface area contributed by atoms with E-state index in [0.29, 0.717) is 0 Å². The molecular weight excluding hydrogens is 202 g/mol. The highest BCUT2D eigenvalue weighted by Gasteiger charge is 2.23. The summed E-state index contributed by atoms with van der Waals surface area (Å²) in [5.74, 6) is -0.614. The van der Waals surface area contributed by atoms with Gasteiger partial charge in [0.2, 0.25) is 0 Å². The molecule has 3 heteroatoms. The average Bonchev–Trinajstić information content (AvgIpc) is 2.47. The Labute approximate surface area is 97.1 Å². The Morgan fingerprint density at radius 2 is 2.12 bits per heavy atom. The zero-order valence-corrected chi connectivity index (χ0v) is 10.5. The number of hydrogen-bond donors (Lipinski definition) is 1. The minimum absolute atomic E-state index is 0.110. The number of carboxylic acid groups (broad SMARTS) is 1. The molecule has 0 amide bonds. The quantitative estimate of drug-likeness (QED) is 0.852. The Balaban J connectivity index is 2.83. The van der Waals surface area contributed by atoms with Crippen LogP contribution in [0.15, 0.2) is 18.5 Å². The number of carboxylic acids is 1. The molecule has 0 fully saturated rings. The zero-order valence-electron chi connectivity index (χ0n) is 10.5. The maximum atomic E-state index is 10.9. The molecule has 1 N–H and O–H groups in total. The van der Waals surface area contributed by atoms with E-state index in [1.165, 1.54) is 0 Å². The van der Waals surface area contributed by atoms with Crippen LogP contribution in [0.1, 0.15) is 45.1 Å². The third kappa shape index (κ3) is 4.09. The van der Waals surface area contributed by atoms with Gasteiger partial charge in [0.25, 0.3) is 0 Å². The Hall–Kier alpha value is -1.25. The van der Waals surface area contributed by atoms with E-state index in [9.17, 15) is 4.79 Å². The van der Waals surface area contributed by atoms with Crippen molar-refractivity contribution in [3.05, 3.63) is 24.0 Å². The number of aliphatic carboxylic acids is 1. The largest absolute Gasteiger partial charge is 0.481 e. The van der Waals surface area contributed by atoms with Gasteiger partial charge in [-0.2, -0.15) is 0 Å². The lowest BCUT2D eigenvalue weighted by atomic mass is 9.80. The molecule has 1 heterocycles. The monoisotopic (exact) mass is 223 g/mol. The molecule has 90 valence electrons. The van der Waals surface area contributed by atoms with E-state index >= 15 is 0 Å². The van der Waals surface area contributed by atoms with Crippen LogP contribution in [0.2, 0.25) is 0 Å². The molecule has 3 nitrogen and oxygen atoms in total. The molecule has 1 aromatic rings. The normalized spacial score (nSPS) is 13.8. The van der Waals surface area contributed by atoms with Gasteiger partial charge in [-0.25, -0.2) is 0 Å². The Bertz CT molecular complexity index is 360. The van der Waals surface area contributed by atoms with Gasteiger partial charge < -0.3 is 9.67 Å². The van der Waals surface area contributed by atoms with Crippen molar-refractivity contribution in [1.82, 2.24) is 4.57 Å². The second kappa shape index (κ2) is 4.73. The molecule has 0 aliphatic rings. The fourth-order valence-electron chi connectivity index (χ4n) is 2.02. The predicted octanol–water partition coefficient (Wildman–Crippen LogP) is 3.02. The average molecular weight is 223 g/mol. The van der Waals surface area contributed by atoms with Crippen LogP contribution in [-0.4, -0.2) is 15.6 Å². The van der Waals surface area contributed by atoms with Gasteiger partial charge in [0.1, 0.15) is 0 Å². The van der Waals surface area contributed by atoms with Crippen molar-refractivity contribution in [2.24, 2.45) is 12.5 Å². The number of carbonyl (C=O) groups is 1. The fourth-order valence-corrected chi connectivity index (χ4v) is 2.02. The molecule has 0 saturated heterocycles. The molecule has 0 bridgehead atoms. The van der Waals surface area contributed by atoms with Crippen LogP contribution in [-0.2, 0) is 11.8 Å². The van der Waals surface area contributed by atoms with E-state index in [-0.39, 0.29) is 17.8 Å². The predicted molar refractivity (Wildman–Crippen MR) is 64.5 cm³/mol. The summed E-state index contributed by atoms with van der Waals surface area (Å²) in [6.45, 7) is 6.43. The summed E-state index contributed by atoms with van der Waals surface area (Å²) in [5, 5.41) is 8.94. The van der Waals surface area contributed by atoms with Gasteiger partial charge in [0.15, 0.2) is 0 Å². The summed E-state index contributed by atoms with van der Waals surface area (Å²) in [7, 11) is 1.96. The first-order valence-corrected chi connectivity index (χ1v) is 5.61. The van der Waals surface area contributed by atoms with E-state index in [0.717, 1.165) is 12.0 Å². The molecule has 16 heavy (non-hydrogen) atoms. The highest BCUT2D eigenvalue weighted by atomic mass is 16.4. The zero-order chi connectivity index (χ0) is 12.3. The topological polar surface area (TPSA) is 42.2 Å². The van der Waals surface area contributed by atoms with Crippen molar-refractivity contribution in [1.29, 1.82) is 0 Å². The first-order chi connectivity index (χ1) is 7.28. The van der Waals surface area contributed by atoms with Crippen LogP contribution >= 0.6 is 0 Å². The molecule has 1 aromatic heterocycles. The molecule has 0 aromatic carbocycles. The smallest absolute Gasteiger partial charge is 0.303 e. The van der Waals surface area contributed by atoms with Gasteiger partial charge in [-0.3, -0.25) is 4.79 Å². The first-order valence-electron chi connectivity index (χ1n) is 5.61. The number of aromatic nitrogens is 1. The van der Waals surface area contributed by atoms with E-state index in [2.05, 4.69) is 20.8 Å². The standard InChI is InChI=1S/C13H21NO2/c1-13(2,3)8-11(7-12(15)16)10-5-6-14(4)9-10/h5-6,9,11H,7-8H2,1-4H3,(H,15,16). The van der Waals surface area contributed by atoms with Crippen LogP contribution in [0.5, 0.6) is 0 Å². The molecule has 0 radical (unpaired) electrons. The van der Waals surface area contributed by atoms with Crippen molar-refractivity contribution in [3.8, 4) is 0 Å². The van der Waals surface area contributed by atoms with Gasteiger partial charge in [-0.1, -0.05) is 20.8 Å². The summed E-state index contributed by atoms with van der Waals surface area (Å²) in [5.41, 5.74) is 1.27. The number of hydrogen-bond acceptors (Lipinski definition) is 1. The lowest BCUT2D eigenvalue weighted by Crippen LogP contribution is -2.14. The van der Waals surface area contributed by atoms with Crippen molar-refractivity contribution < 1.29 is 9.90 Å². The highest BCUT2D eigenvalue weighted by molar-refractivity contribution is 5.68. The molecule has 1 unspecified atom stereocenters. The van der Waals surface area contributed by atoms with Crippen molar-refractivity contribution in [2.75, 3.05) is 0 Å². The first kappa shape index (κ1) is 12.8. The summed E-state index contributed by atoms with van der Waals surface area (Å²) in [4.78, 5) is 10.9. The van der Waals surface area contributed by atoms with Crippen LogP contribution in [0.25, 0.3) is 0 Å². The van der Waals surface area contributed by atoms with E-state index < -0.39 is 5.97 Å². The Morgan fingerprint density at radius 1 is 1.50 bits per heavy atom. The number of aryl methyl sites for hydroxylation is 1. The third-order valence-corrected chi connectivity index (χ3v) is 2.61. The molecule has 1 rings (SSSR count). The Morgan fingerprint density at radius 3 is 2.50 bits per heavy atom. The van der Waals surface area contributed by atoms with E-state index in [1.807, 2.05) is 30.1 Å². The fraction of sp³-hybridized carbons (Fsp3) is 0.615. The van der Waals surface area contributed by atoms with Gasteiger partial charge in [0, 0.05) is 19.4 Å². The molecule has 0 saturated carbocycles. The second-order valence-electron chi connectivity index (χ2n) is 5.67. The molecule has 1 atom stereocenters. The van der Waals surface area contributed by atoms with Crippen LogP contribution in [0.4, 0.5) is 0 Å². The van der Waals surface area contributed by atoms with Crippen LogP contribution in [0, 0.1) is 5.41 Å². The Kier molecular flexibility index (Phi) is 3.79. The third-order valence-electron chi connectivity index (χ3n) is 2.61. The van der Waals surface area contributed by atoms with Gasteiger partial charge in [0.05, 0.1) is 6.42 Å². The van der Waals surface area contributed by atoms with Crippen LogP contribution in [0.3, 0.4) is 0 Å². The molecule has 0 aliphatic carbocycles. The van der Waals surface area contributed by atoms with Gasteiger partial charge >= 0.3 is 5.97 Å². The molecule has 0 aliphatic heterocycles. The van der Waals surface area contributed by atoms with Crippen LogP contribution < -0.4 is 0 Å². The number of nitrogens with zero attached hydrogens (tertiary/aromatic N) is 1. The lowest BCUT2D eigenvalue weighted by molar-refractivity contribution is -0.137. The molecular formula is C13H21NO2. The van der Waals surface area contributed by atoms with E-state index in [1.54, 1.807) is 0 Å². The van der Waals surface area contributed by atoms with Gasteiger partial charge in [-0.15, -0.1) is 0 Å². The minimum atomic E-state index is -0.724. The van der Waals surface area contributed by atoms with E-state index in [4.69, 9.17) is 5.11 Å². The SMILES string of the molecule is Cn1ccc(C(CC(=O)O)CC(C)(C)C)c1. The second-order valence-corrected chi connectivity index (χ2v) is 5.67. The maximum absolute atomic E-state index is 10.9. The minimum Gasteiger partial charge on any atom is -0.481 e. The van der Waals surface area contributed by atoms with Crippen molar-refractivity contribution in [2.45, 2.75) is 39.5 Å². The lowest BCUT2D eigenvalue weighted by Gasteiger charge is -2.24. The number of rotatable bonds is 4. The summed E-state index contributed by atoms with van der Waals surface area (Å²) in [6, 6.07) is 2.01. The molecule has 0 spiro atoms. The summed E-state index contributed by atoms with van der Waals surface area (Å²) >= 11 is 0. The maximum Gasteiger partial charge on any atom is 0.303 e. The summed E-state index contributed by atoms with van der Waals surface area (Å²) < 4.78 is 1.97. The summed E-state index contributed by atoms with van der Waals surface area (Å²) in [6.07, 6.45) is 5.08. The van der Waals surface area contributed by atoms with Gasteiger partial charge in [-0.05, 0) is 29.4 Å². The highest BCUT2D eigenvalue weighted by Crippen LogP contribution is 2.33.